The van der Waals surface area contributed by atoms with Gasteiger partial charge in [-0.25, -0.2) is 0 Å². The molecule has 2 aliphatic rings. The summed E-state index contributed by atoms with van der Waals surface area (Å²) in [5, 5.41) is 2.05. The molecule has 1 saturated heterocycles. The Bertz CT molecular complexity index is 750. The van der Waals surface area contributed by atoms with Gasteiger partial charge in [0.15, 0.2) is 5.78 Å². The van der Waals surface area contributed by atoms with Gasteiger partial charge in [-0.1, -0.05) is 12.1 Å². The third-order valence-electron chi connectivity index (χ3n) is 5.31. The normalized spacial score (nSPS) is 21.2. The fourth-order valence-corrected chi connectivity index (χ4v) is 5.02. The number of carbonyl (C=O) groups is 1. The molecule has 0 spiro atoms. The first-order valence-electron chi connectivity index (χ1n) is 8.94. The summed E-state index contributed by atoms with van der Waals surface area (Å²) in [6.45, 7) is 5.12. The van der Waals surface area contributed by atoms with Gasteiger partial charge in [-0.3, -0.25) is 9.69 Å². The van der Waals surface area contributed by atoms with Crippen molar-refractivity contribution in [2.75, 3.05) is 44.7 Å². The standard InChI is InChI=1S/C20H24N2O2S/c1-24-19-5-3-2-4-17(19)22-9-7-21(8-10-22)14-15-12-18(23)16-6-11-25-20(16)13-15/h2-6,11,15H,7-10,12-14H2,1H3. The zero-order chi connectivity index (χ0) is 17.2. The van der Waals surface area contributed by atoms with Crippen LogP contribution in [0.25, 0.3) is 0 Å². The van der Waals surface area contributed by atoms with E-state index in [1.54, 1.807) is 18.4 Å². The van der Waals surface area contributed by atoms with Crippen molar-refractivity contribution in [2.24, 2.45) is 5.92 Å². The summed E-state index contributed by atoms with van der Waals surface area (Å²) in [6.07, 6.45) is 1.77. The predicted octanol–water partition coefficient (Wildman–Crippen LogP) is 3.32. The molecule has 1 aromatic carbocycles. The Morgan fingerprint density at radius 3 is 2.72 bits per heavy atom. The van der Waals surface area contributed by atoms with Crippen molar-refractivity contribution in [3.63, 3.8) is 0 Å². The number of fused-ring (bicyclic) bond motifs is 1. The van der Waals surface area contributed by atoms with Gasteiger partial charge in [0.05, 0.1) is 12.8 Å². The number of nitrogens with zero attached hydrogens (tertiary/aromatic N) is 2. The molecule has 2 aromatic rings. The van der Waals surface area contributed by atoms with E-state index in [2.05, 4.69) is 27.3 Å². The number of piperazine rings is 1. The molecule has 1 atom stereocenters. The van der Waals surface area contributed by atoms with E-state index in [0.29, 0.717) is 18.1 Å². The van der Waals surface area contributed by atoms with E-state index < -0.39 is 0 Å². The van der Waals surface area contributed by atoms with Crippen LogP contribution < -0.4 is 9.64 Å². The number of ketones is 1. The van der Waals surface area contributed by atoms with Gasteiger partial charge in [0.1, 0.15) is 5.75 Å². The minimum absolute atomic E-state index is 0.333. The van der Waals surface area contributed by atoms with Crippen LogP contribution in [0, 0.1) is 5.92 Å². The molecule has 132 valence electrons. The molecule has 4 rings (SSSR count). The van der Waals surface area contributed by atoms with Crippen molar-refractivity contribution in [3.8, 4) is 5.75 Å². The molecular weight excluding hydrogens is 332 g/mol. The zero-order valence-electron chi connectivity index (χ0n) is 14.6. The number of hydrogen-bond donors (Lipinski definition) is 0. The number of anilines is 1. The lowest BCUT2D eigenvalue weighted by molar-refractivity contribution is 0.0930. The summed E-state index contributed by atoms with van der Waals surface area (Å²) >= 11 is 1.74. The summed E-state index contributed by atoms with van der Waals surface area (Å²) in [6, 6.07) is 10.2. The second kappa shape index (κ2) is 7.18. The highest BCUT2D eigenvalue weighted by molar-refractivity contribution is 7.10. The molecule has 0 N–H and O–H groups in total. The molecule has 0 amide bonds. The van der Waals surface area contributed by atoms with Crippen LogP contribution in [0.3, 0.4) is 0 Å². The van der Waals surface area contributed by atoms with Gasteiger partial charge in [-0.15, -0.1) is 11.3 Å². The lowest BCUT2D eigenvalue weighted by Crippen LogP contribution is -2.48. The van der Waals surface area contributed by atoms with Gasteiger partial charge in [0, 0.05) is 49.6 Å². The molecule has 4 nitrogen and oxygen atoms in total. The van der Waals surface area contributed by atoms with Crippen molar-refractivity contribution in [1.29, 1.82) is 0 Å². The summed E-state index contributed by atoms with van der Waals surface area (Å²) in [5.74, 6) is 1.75. The first-order chi connectivity index (χ1) is 12.2. The van der Waals surface area contributed by atoms with E-state index in [4.69, 9.17) is 4.74 Å². The number of Topliss-reactive ketones (excluding diaryl/α,β-unsaturated/α-hetero) is 1. The predicted molar refractivity (Wildman–Crippen MR) is 102 cm³/mol. The lowest BCUT2D eigenvalue weighted by Gasteiger charge is -2.38. The van der Waals surface area contributed by atoms with Crippen LogP contribution in [0.1, 0.15) is 21.7 Å². The van der Waals surface area contributed by atoms with E-state index in [9.17, 15) is 4.79 Å². The fourth-order valence-electron chi connectivity index (χ4n) is 4.01. The maximum Gasteiger partial charge on any atom is 0.164 e. The number of hydrogen-bond acceptors (Lipinski definition) is 5. The van der Waals surface area contributed by atoms with Crippen molar-refractivity contribution in [3.05, 3.63) is 46.2 Å². The van der Waals surface area contributed by atoms with Crippen LogP contribution in [0.5, 0.6) is 5.75 Å². The summed E-state index contributed by atoms with van der Waals surface area (Å²) in [4.78, 5) is 18.5. The lowest BCUT2D eigenvalue weighted by atomic mass is 9.87. The monoisotopic (exact) mass is 356 g/mol. The van der Waals surface area contributed by atoms with Gasteiger partial charge < -0.3 is 9.64 Å². The average molecular weight is 356 g/mol. The number of benzene rings is 1. The number of para-hydroxylation sites is 2. The number of ether oxygens (including phenoxy) is 1. The minimum atomic E-state index is 0.333. The highest BCUT2D eigenvalue weighted by Gasteiger charge is 2.28. The Morgan fingerprint density at radius 1 is 1.12 bits per heavy atom. The highest BCUT2D eigenvalue weighted by Crippen LogP contribution is 2.31. The van der Waals surface area contributed by atoms with Crippen LogP contribution in [0.15, 0.2) is 35.7 Å². The van der Waals surface area contributed by atoms with Crippen molar-refractivity contribution in [2.45, 2.75) is 12.8 Å². The summed E-state index contributed by atoms with van der Waals surface area (Å²) < 4.78 is 5.49. The Morgan fingerprint density at radius 2 is 1.92 bits per heavy atom. The molecule has 0 bridgehead atoms. The first kappa shape index (κ1) is 16.6. The van der Waals surface area contributed by atoms with E-state index in [1.165, 1.54) is 10.6 Å². The van der Waals surface area contributed by atoms with Gasteiger partial charge in [0.25, 0.3) is 0 Å². The number of carbonyl (C=O) groups excluding carboxylic acids is 1. The molecule has 2 heterocycles. The Labute approximate surface area is 153 Å². The van der Waals surface area contributed by atoms with Crippen LogP contribution in [0.2, 0.25) is 0 Å². The third-order valence-corrected chi connectivity index (χ3v) is 6.25. The maximum absolute atomic E-state index is 12.3. The average Bonchev–Trinajstić information content (AvgIpc) is 3.11. The van der Waals surface area contributed by atoms with Crippen molar-refractivity contribution >= 4 is 22.8 Å². The summed E-state index contributed by atoms with van der Waals surface area (Å²) in [5.41, 5.74) is 2.16. The molecule has 1 aromatic heterocycles. The number of methoxy groups -OCH3 is 1. The molecular formula is C20H24N2O2S. The Hall–Kier alpha value is -1.85. The largest absolute Gasteiger partial charge is 0.495 e. The smallest absolute Gasteiger partial charge is 0.164 e. The topological polar surface area (TPSA) is 32.8 Å². The minimum Gasteiger partial charge on any atom is -0.495 e. The van der Waals surface area contributed by atoms with E-state index in [-0.39, 0.29) is 0 Å². The third kappa shape index (κ3) is 3.44. The quantitative estimate of drug-likeness (QED) is 0.841. The molecule has 1 aliphatic heterocycles. The molecule has 25 heavy (non-hydrogen) atoms. The molecule has 0 saturated carbocycles. The van der Waals surface area contributed by atoms with Crippen molar-refractivity contribution < 1.29 is 9.53 Å². The molecule has 0 radical (unpaired) electrons. The SMILES string of the molecule is COc1ccccc1N1CCN(CC2CC(=O)c3ccsc3C2)CC1. The number of thiophene rings is 1. The molecule has 1 unspecified atom stereocenters. The van der Waals surface area contributed by atoms with E-state index in [0.717, 1.165) is 50.5 Å². The first-order valence-corrected chi connectivity index (χ1v) is 9.82. The second-order valence-electron chi connectivity index (χ2n) is 6.91. The fraction of sp³-hybridized carbons (Fsp3) is 0.450. The van der Waals surface area contributed by atoms with Crippen LogP contribution in [0.4, 0.5) is 5.69 Å². The second-order valence-corrected chi connectivity index (χ2v) is 7.92. The van der Waals surface area contributed by atoms with Gasteiger partial charge >= 0.3 is 0 Å². The Kier molecular flexibility index (Phi) is 4.77. The highest BCUT2D eigenvalue weighted by atomic mass is 32.1. The molecule has 1 fully saturated rings. The Balaban J connectivity index is 1.35. The molecule has 5 heteroatoms. The van der Waals surface area contributed by atoms with Gasteiger partial charge in [0.2, 0.25) is 0 Å². The summed E-state index contributed by atoms with van der Waals surface area (Å²) in [7, 11) is 1.73. The maximum atomic E-state index is 12.3. The van der Waals surface area contributed by atoms with Crippen LogP contribution in [-0.2, 0) is 6.42 Å². The van der Waals surface area contributed by atoms with E-state index >= 15 is 0 Å². The van der Waals surface area contributed by atoms with Gasteiger partial charge in [-0.05, 0) is 35.9 Å². The zero-order valence-corrected chi connectivity index (χ0v) is 15.4. The van der Waals surface area contributed by atoms with Crippen molar-refractivity contribution in [1.82, 2.24) is 4.90 Å². The molecule has 1 aliphatic carbocycles. The van der Waals surface area contributed by atoms with Gasteiger partial charge in [-0.2, -0.15) is 0 Å². The van der Waals surface area contributed by atoms with Crippen LogP contribution in [-0.4, -0.2) is 50.5 Å². The van der Waals surface area contributed by atoms with E-state index in [1.807, 2.05) is 18.2 Å². The number of rotatable bonds is 4. The van der Waals surface area contributed by atoms with Crippen LogP contribution >= 0.6 is 11.3 Å².